The summed E-state index contributed by atoms with van der Waals surface area (Å²) in [5, 5.41) is 28.1. The molecule has 0 aliphatic carbocycles. The zero-order chi connectivity index (χ0) is 25.4. The first-order chi connectivity index (χ1) is 17.4. The van der Waals surface area contributed by atoms with Gasteiger partial charge in [0.2, 0.25) is 0 Å². The minimum absolute atomic E-state index is 0. The fraction of sp³-hybridized carbons (Fsp3) is 0.208. The first-order valence-electron chi connectivity index (χ1n) is 11.1. The number of tetrazole rings is 1. The third-order valence-electron chi connectivity index (χ3n) is 5.95. The van der Waals surface area contributed by atoms with Crippen molar-refractivity contribution in [2.45, 2.75) is 32.7 Å². The van der Waals surface area contributed by atoms with E-state index >= 15 is 0 Å². The van der Waals surface area contributed by atoms with Crippen LogP contribution in [0.15, 0.2) is 51.5 Å². The number of carbonyl (C=O) groups excluding carboxylic acids is 1. The van der Waals surface area contributed by atoms with Crippen LogP contribution in [-0.4, -0.2) is 35.6 Å². The summed E-state index contributed by atoms with van der Waals surface area (Å²) in [6.07, 6.45) is 2.42. The fourth-order valence-corrected chi connectivity index (χ4v) is 5.83. The Labute approximate surface area is 264 Å². The molecule has 0 spiro atoms. The number of para-hydroxylation sites is 1. The summed E-state index contributed by atoms with van der Waals surface area (Å²) in [6, 6.07) is 13.6. The van der Waals surface area contributed by atoms with Gasteiger partial charge in [0.05, 0.1) is 28.2 Å². The molecule has 0 amide bonds. The molecule has 9 nitrogen and oxygen atoms in total. The van der Waals surface area contributed by atoms with Crippen LogP contribution >= 0.6 is 43.5 Å². The van der Waals surface area contributed by atoms with Crippen LogP contribution in [0.25, 0.3) is 28.0 Å². The SMILES string of the molecule is CCCCc1nc(Cl)c(C(=O)[O-])n1Cc1cccc2c1c(Br)c(Br)n2-c1ccccc1-c1nnn[n-]1.[Li+].[Li+]. The second-order valence-electron chi connectivity index (χ2n) is 8.12. The van der Waals surface area contributed by atoms with Gasteiger partial charge in [-0.05, 0) is 56.0 Å². The Balaban J connectivity index is 0.00000200. The summed E-state index contributed by atoms with van der Waals surface area (Å²) >= 11 is 13.7. The molecule has 14 heteroatoms. The summed E-state index contributed by atoms with van der Waals surface area (Å²) in [6.45, 7) is 2.33. The van der Waals surface area contributed by atoms with Gasteiger partial charge in [0.25, 0.3) is 0 Å². The Hall–Kier alpha value is -1.83. The number of fused-ring (bicyclic) bond motifs is 1. The summed E-state index contributed by atoms with van der Waals surface area (Å²) in [7, 11) is 0. The Bertz CT molecular complexity index is 1590. The number of unbranched alkanes of at least 4 members (excludes halogenated alkanes) is 1. The normalized spacial score (nSPS) is 10.8. The average molecular weight is 646 g/mol. The predicted molar refractivity (Wildman–Crippen MR) is 140 cm³/mol. The standard InChI is InChI=1S/C24H20Br2ClN7O2.2Li/c1-2-3-11-17-28-22(27)20(24(35)36)33(17)12-13-7-6-10-16-18(13)19(25)21(26)34(16)15-9-5-4-8-14(15)23-29-31-32-30-23;;/h4-10H,2-3,11-12H2,1H3,(H2,29,30,31,32,35,36);;/q;2*+1/p-2. The molecule has 184 valence electrons. The molecule has 0 saturated heterocycles. The van der Waals surface area contributed by atoms with Crippen molar-refractivity contribution in [1.82, 2.24) is 34.7 Å². The minimum Gasteiger partial charge on any atom is -0.543 e. The van der Waals surface area contributed by atoms with Crippen molar-refractivity contribution in [1.29, 1.82) is 0 Å². The quantitative estimate of drug-likeness (QED) is 0.190. The molecule has 0 fully saturated rings. The van der Waals surface area contributed by atoms with Crippen molar-refractivity contribution >= 4 is 60.3 Å². The van der Waals surface area contributed by atoms with E-state index < -0.39 is 5.97 Å². The molecule has 3 heterocycles. The van der Waals surface area contributed by atoms with E-state index in [1.165, 1.54) is 0 Å². The van der Waals surface area contributed by atoms with Crippen molar-refractivity contribution in [3.05, 3.63) is 73.8 Å². The zero-order valence-electron chi connectivity index (χ0n) is 21.0. The number of carbonyl (C=O) groups is 1. The van der Waals surface area contributed by atoms with E-state index in [0.717, 1.165) is 49.6 Å². The molecule has 0 aliphatic heterocycles. The molecule has 2 aromatic carbocycles. The number of nitrogens with zero attached hydrogens (tertiary/aromatic N) is 7. The van der Waals surface area contributed by atoms with Gasteiger partial charge in [-0.15, -0.1) is 0 Å². The molecule has 38 heavy (non-hydrogen) atoms. The van der Waals surface area contributed by atoms with Crippen LogP contribution in [0.1, 0.15) is 41.6 Å². The second-order valence-corrected chi connectivity index (χ2v) is 10.0. The summed E-state index contributed by atoms with van der Waals surface area (Å²) in [4.78, 5) is 16.3. The Morgan fingerprint density at radius 3 is 2.58 bits per heavy atom. The number of hydrogen-bond acceptors (Lipinski definition) is 6. The number of benzene rings is 2. The third-order valence-corrected chi connectivity index (χ3v) is 8.27. The van der Waals surface area contributed by atoms with Crippen LogP contribution in [0.3, 0.4) is 0 Å². The van der Waals surface area contributed by atoms with Gasteiger partial charge in [-0.2, -0.15) is 5.21 Å². The van der Waals surface area contributed by atoms with Crippen LogP contribution in [0.5, 0.6) is 0 Å². The molecule has 0 saturated carbocycles. The molecule has 0 bridgehead atoms. The summed E-state index contributed by atoms with van der Waals surface area (Å²) < 4.78 is 5.27. The summed E-state index contributed by atoms with van der Waals surface area (Å²) in [5.41, 5.74) is 3.26. The molecule has 3 aromatic heterocycles. The van der Waals surface area contributed by atoms with Crippen LogP contribution in [0.4, 0.5) is 0 Å². The van der Waals surface area contributed by atoms with Crippen molar-refractivity contribution in [3.63, 3.8) is 0 Å². The van der Waals surface area contributed by atoms with Crippen LogP contribution in [-0.2, 0) is 13.0 Å². The first kappa shape index (κ1) is 30.7. The molecular weight excluding hydrogens is 627 g/mol. The molecule has 5 aromatic rings. The molecular formula is C24H18Br2ClLi2N7O2. The molecule has 0 atom stereocenters. The molecule has 5 rings (SSSR count). The van der Waals surface area contributed by atoms with Gasteiger partial charge in [0.15, 0.2) is 5.15 Å². The topological polar surface area (TPSA) is 116 Å². The smallest absolute Gasteiger partial charge is 0.543 e. The van der Waals surface area contributed by atoms with Gasteiger partial charge in [-0.3, -0.25) is 10.3 Å². The average Bonchev–Trinajstić information content (AvgIpc) is 3.56. The van der Waals surface area contributed by atoms with Crippen molar-refractivity contribution in [2.24, 2.45) is 0 Å². The molecule has 0 aliphatic rings. The van der Waals surface area contributed by atoms with Crippen LogP contribution < -0.4 is 47.9 Å². The van der Waals surface area contributed by atoms with Gasteiger partial charge in [0, 0.05) is 23.2 Å². The van der Waals surface area contributed by atoms with Crippen molar-refractivity contribution < 1.29 is 47.6 Å². The maximum absolute atomic E-state index is 11.9. The number of rotatable bonds is 8. The first-order valence-corrected chi connectivity index (χ1v) is 13.1. The molecule has 0 unspecified atom stereocenters. The Morgan fingerprint density at radius 2 is 1.89 bits per heavy atom. The Morgan fingerprint density at radius 1 is 1.13 bits per heavy atom. The zero-order valence-corrected chi connectivity index (χ0v) is 24.9. The number of aromatic nitrogens is 7. The van der Waals surface area contributed by atoms with Gasteiger partial charge >= 0.3 is 37.7 Å². The van der Waals surface area contributed by atoms with E-state index in [9.17, 15) is 9.90 Å². The van der Waals surface area contributed by atoms with Gasteiger partial charge < -0.3 is 24.1 Å². The number of carboxylic acids is 1. The number of aromatic carboxylic acids is 1. The maximum atomic E-state index is 11.9. The third kappa shape index (κ3) is 5.57. The number of imidazole rings is 1. The molecule has 0 N–H and O–H groups in total. The largest absolute Gasteiger partial charge is 1.00 e. The number of aryl methyl sites for hydroxylation is 1. The van der Waals surface area contributed by atoms with Crippen molar-refractivity contribution in [3.8, 4) is 17.1 Å². The Kier molecular flexibility index (Phi) is 10.5. The van der Waals surface area contributed by atoms with Crippen LogP contribution in [0, 0.1) is 0 Å². The van der Waals surface area contributed by atoms with Gasteiger partial charge in [0.1, 0.15) is 16.1 Å². The number of hydrogen-bond donors (Lipinski definition) is 0. The second kappa shape index (κ2) is 13.0. The van der Waals surface area contributed by atoms with E-state index in [2.05, 4.69) is 64.4 Å². The summed E-state index contributed by atoms with van der Waals surface area (Å²) in [5.74, 6) is -0.323. The monoisotopic (exact) mass is 643 g/mol. The van der Waals surface area contributed by atoms with E-state index in [1.807, 2.05) is 47.0 Å². The van der Waals surface area contributed by atoms with Gasteiger partial charge in [-0.1, -0.05) is 55.3 Å². The maximum Gasteiger partial charge on any atom is 1.00 e. The number of carboxylic acid groups (broad SMARTS) is 1. The fourth-order valence-electron chi connectivity index (χ4n) is 4.34. The molecule has 0 radical (unpaired) electrons. The van der Waals surface area contributed by atoms with Crippen molar-refractivity contribution in [2.75, 3.05) is 0 Å². The van der Waals surface area contributed by atoms with Gasteiger partial charge in [-0.25, -0.2) is 4.98 Å². The minimum atomic E-state index is -1.36. The van der Waals surface area contributed by atoms with Crippen LogP contribution in [0.2, 0.25) is 5.15 Å². The number of halogens is 3. The predicted octanol–water partition coefficient (Wildman–Crippen LogP) is -1.42. The van der Waals surface area contributed by atoms with E-state index in [-0.39, 0.29) is 55.1 Å². The van der Waals surface area contributed by atoms with E-state index in [0.29, 0.717) is 18.1 Å². The van der Waals surface area contributed by atoms with E-state index in [4.69, 9.17) is 11.6 Å². The van der Waals surface area contributed by atoms with E-state index in [1.54, 1.807) is 4.57 Å².